The second kappa shape index (κ2) is 12.3. The minimum atomic E-state index is -0.398. The van der Waals surface area contributed by atoms with Crippen molar-refractivity contribution in [1.29, 1.82) is 0 Å². The minimum Gasteiger partial charge on any atom is -0.490 e. The molecule has 0 saturated carbocycles. The van der Waals surface area contributed by atoms with Gasteiger partial charge >= 0.3 is 0 Å². The molecule has 0 aliphatic rings. The molecule has 7 nitrogen and oxygen atoms in total. The zero-order valence-electron chi connectivity index (χ0n) is 16.8. The molecule has 9 heteroatoms. The van der Waals surface area contributed by atoms with Crippen molar-refractivity contribution < 1.29 is 19.1 Å². The average molecular weight is 494 g/mol. The summed E-state index contributed by atoms with van der Waals surface area (Å²) in [4.78, 5) is 24.3. The molecule has 0 fully saturated rings. The zero-order valence-corrected chi connectivity index (χ0v) is 19.2. The van der Waals surface area contributed by atoms with Crippen LogP contribution in [0.15, 0.2) is 46.9 Å². The summed E-state index contributed by atoms with van der Waals surface area (Å²) >= 11 is 8.61. The van der Waals surface area contributed by atoms with Gasteiger partial charge in [0.25, 0.3) is 5.91 Å². The van der Waals surface area contributed by atoms with Crippen molar-refractivity contribution in [2.24, 2.45) is 0 Å². The van der Waals surface area contributed by atoms with Gasteiger partial charge in [-0.1, -0.05) is 22.9 Å². The first-order chi connectivity index (χ1) is 14.4. The Morgan fingerprint density at radius 2 is 1.70 bits per heavy atom. The number of carbonyl (C=O) groups excluding carboxylic acids is 2. The van der Waals surface area contributed by atoms with Crippen LogP contribution in [0.3, 0.4) is 0 Å². The van der Waals surface area contributed by atoms with E-state index < -0.39 is 5.91 Å². The van der Waals surface area contributed by atoms with E-state index in [1.807, 2.05) is 6.92 Å². The van der Waals surface area contributed by atoms with E-state index in [1.54, 1.807) is 49.6 Å². The summed E-state index contributed by atoms with van der Waals surface area (Å²) in [5, 5.41) is 8.55. The van der Waals surface area contributed by atoms with Crippen molar-refractivity contribution in [2.75, 3.05) is 31.0 Å². The molecule has 2 aromatic rings. The van der Waals surface area contributed by atoms with Gasteiger partial charge in [0.15, 0.2) is 5.11 Å². The lowest BCUT2D eigenvalue weighted by atomic mass is 10.2. The quantitative estimate of drug-likeness (QED) is 0.355. The number of halogens is 1. The highest BCUT2D eigenvalue weighted by Gasteiger charge is 2.15. The fourth-order valence-corrected chi connectivity index (χ4v) is 3.03. The van der Waals surface area contributed by atoms with Crippen LogP contribution < -0.4 is 20.7 Å². The van der Waals surface area contributed by atoms with Crippen LogP contribution in [-0.4, -0.2) is 37.3 Å². The number of hydrogen-bond acceptors (Lipinski definition) is 5. The summed E-state index contributed by atoms with van der Waals surface area (Å²) in [6, 6.07) is 12.2. The maximum absolute atomic E-state index is 12.7. The fourth-order valence-electron chi connectivity index (χ4n) is 2.46. The highest BCUT2D eigenvalue weighted by molar-refractivity contribution is 9.10. The number of ether oxygens (including phenoxy) is 2. The Hall–Kier alpha value is -2.49. The lowest BCUT2D eigenvalue weighted by molar-refractivity contribution is -0.116. The van der Waals surface area contributed by atoms with Crippen LogP contribution in [0, 0.1) is 0 Å². The third kappa shape index (κ3) is 7.74. The molecule has 160 valence electrons. The molecule has 0 radical (unpaired) electrons. The second-order valence-corrected chi connectivity index (χ2v) is 7.59. The van der Waals surface area contributed by atoms with Gasteiger partial charge in [0.05, 0.1) is 12.2 Å². The summed E-state index contributed by atoms with van der Waals surface area (Å²) in [7, 11) is 1.58. The van der Waals surface area contributed by atoms with E-state index >= 15 is 0 Å². The Labute approximate surface area is 189 Å². The van der Waals surface area contributed by atoms with Crippen LogP contribution in [0.5, 0.6) is 5.75 Å². The van der Waals surface area contributed by atoms with E-state index in [2.05, 4.69) is 31.9 Å². The van der Waals surface area contributed by atoms with Crippen LogP contribution >= 0.6 is 28.1 Å². The van der Waals surface area contributed by atoms with E-state index in [4.69, 9.17) is 21.7 Å². The van der Waals surface area contributed by atoms with Gasteiger partial charge in [-0.25, -0.2) is 0 Å². The van der Waals surface area contributed by atoms with Crippen molar-refractivity contribution in [3.63, 3.8) is 0 Å². The van der Waals surface area contributed by atoms with Gasteiger partial charge in [-0.15, -0.1) is 0 Å². The molecule has 2 rings (SSSR count). The number of nitrogens with one attached hydrogen (secondary N) is 3. The lowest BCUT2D eigenvalue weighted by Gasteiger charge is -2.14. The van der Waals surface area contributed by atoms with Gasteiger partial charge in [0.2, 0.25) is 5.91 Å². The van der Waals surface area contributed by atoms with Crippen LogP contribution in [-0.2, 0) is 9.53 Å². The zero-order chi connectivity index (χ0) is 21.9. The van der Waals surface area contributed by atoms with Crippen LogP contribution in [0.4, 0.5) is 11.4 Å². The van der Waals surface area contributed by atoms with Crippen LogP contribution in [0.2, 0.25) is 0 Å². The largest absolute Gasteiger partial charge is 0.490 e. The van der Waals surface area contributed by atoms with Crippen LogP contribution in [0.25, 0.3) is 0 Å². The van der Waals surface area contributed by atoms with E-state index in [0.717, 1.165) is 10.9 Å². The summed E-state index contributed by atoms with van der Waals surface area (Å²) in [6.07, 6.45) is 1.26. The number of thiocarbonyl (C=S) groups is 1. The third-order valence-corrected chi connectivity index (χ3v) is 4.56. The number of carbonyl (C=O) groups is 2. The smallest absolute Gasteiger partial charge is 0.261 e. The molecule has 3 N–H and O–H groups in total. The second-order valence-electron chi connectivity index (χ2n) is 6.27. The molecule has 0 atom stereocenters. The predicted octanol–water partition coefficient (Wildman–Crippen LogP) is 4.34. The number of hydrogen-bond donors (Lipinski definition) is 3. The molecule has 0 spiro atoms. The molecule has 0 aliphatic heterocycles. The summed E-state index contributed by atoms with van der Waals surface area (Å²) in [5.74, 6) is 0.00549. The average Bonchev–Trinajstić information content (AvgIpc) is 2.70. The Morgan fingerprint density at radius 3 is 2.33 bits per heavy atom. The van der Waals surface area contributed by atoms with E-state index in [1.165, 1.54) is 0 Å². The number of benzene rings is 2. The molecule has 0 heterocycles. The van der Waals surface area contributed by atoms with Gasteiger partial charge in [0.1, 0.15) is 12.4 Å². The number of rotatable bonds is 9. The minimum absolute atomic E-state index is 0.0291. The highest BCUT2D eigenvalue weighted by Crippen LogP contribution is 2.23. The molecule has 0 aromatic heterocycles. The fraction of sp³-hybridized carbons (Fsp3) is 0.286. The predicted molar refractivity (Wildman–Crippen MR) is 125 cm³/mol. The number of methoxy groups -OCH3 is 1. The topological polar surface area (TPSA) is 88.7 Å². The molecule has 0 unspecified atom stereocenters. The molecule has 0 bridgehead atoms. The number of amides is 2. The van der Waals surface area contributed by atoms with Gasteiger partial charge in [-0.2, -0.15) is 0 Å². The first-order valence-electron chi connectivity index (χ1n) is 9.36. The first-order valence-corrected chi connectivity index (χ1v) is 10.6. The van der Waals surface area contributed by atoms with E-state index in [-0.39, 0.29) is 11.0 Å². The Morgan fingerprint density at radius 1 is 1.03 bits per heavy atom. The molecule has 2 amide bonds. The summed E-state index contributed by atoms with van der Waals surface area (Å²) < 4.78 is 11.3. The van der Waals surface area contributed by atoms with Crippen LogP contribution in [0.1, 0.15) is 30.1 Å². The van der Waals surface area contributed by atoms with Crippen molar-refractivity contribution >= 4 is 56.4 Å². The van der Waals surface area contributed by atoms with Crippen molar-refractivity contribution in [1.82, 2.24) is 5.32 Å². The molecular weight excluding hydrogens is 470 g/mol. The lowest BCUT2D eigenvalue weighted by Crippen LogP contribution is -2.34. The van der Waals surface area contributed by atoms with E-state index in [0.29, 0.717) is 42.3 Å². The Kier molecular flexibility index (Phi) is 9.72. The monoisotopic (exact) mass is 493 g/mol. The molecule has 0 aliphatic carbocycles. The SMILES string of the molecule is CCCC(=O)Nc1ccc(NC(=S)NC(=O)c2cc(Br)ccc2OCCOC)cc1. The summed E-state index contributed by atoms with van der Waals surface area (Å²) in [6.45, 7) is 2.68. The van der Waals surface area contributed by atoms with Gasteiger partial charge in [-0.05, 0) is 61.1 Å². The Bertz CT molecular complexity index is 890. The highest BCUT2D eigenvalue weighted by atomic mass is 79.9. The number of anilines is 2. The maximum Gasteiger partial charge on any atom is 0.261 e. The Balaban J connectivity index is 1.97. The molecule has 0 saturated heterocycles. The normalized spacial score (nSPS) is 10.2. The van der Waals surface area contributed by atoms with Gasteiger partial charge in [-0.3, -0.25) is 14.9 Å². The van der Waals surface area contributed by atoms with Gasteiger partial charge < -0.3 is 20.1 Å². The van der Waals surface area contributed by atoms with Crippen molar-refractivity contribution in [3.8, 4) is 5.75 Å². The molecule has 2 aromatic carbocycles. The van der Waals surface area contributed by atoms with E-state index in [9.17, 15) is 9.59 Å². The third-order valence-electron chi connectivity index (χ3n) is 3.86. The van der Waals surface area contributed by atoms with Crippen molar-refractivity contribution in [2.45, 2.75) is 19.8 Å². The summed E-state index contributed by atoms with van der Waals surface area (Å²) in [5.41, 5.74) is 1.72. The first kappa shape index (κ1) is 23.8. The standard InChI is InChI=1S/C21H24BrN3O4S/c1-3-4-19(26)23-15-6-8-16(9-7-15)24-21(30)25-20(27)17-13-14(22)5-10-18(17)29-12-11-28-2/h5-10,13H,3-4,11-12H2,1-2H3,(H,23,26)(H2,24,25,27,30). The molecular formula is C21H24BrN3O4S. The maximum atomic E-state index is 12.7. The molecule has 30 heavy (non-hydrogen) atoms. The van der Waals surface area contributed by atoms with Gasteiger partial charge in [0, 0.05) is 29.4 Å². The van der Waals surface area contributed by atoms with Crippen molar-refractivity contribution in [3.05, 3.63) is 52.5 Å².